The van der Waals surface area contributed by atoms with Crippen molar-refractivity contribution in [2.24, 2.45) is 14.1 Å². The summed E-state index contributed by atoms with van der Waals surface area (Å²) in [5, 5.41) is 33.0. The second-order valence-electron chi connectivity index (χ2n) is 12.7. The van der Waals surface area contributed by atoms with Crippen LogP contribution < -0.4 is 0 Å². The largest absolute Gasteiger partial charge is 0.386 e. The summed E-state index contributed by atoms with van der Waals surface area (Å²) in [6, 6.07) is 21.2. The number of halogens is 7. The molecule has 8 heterocycles. The maximum absolute atomic E-state index is 15.4. The molecule has 0 radical (unpaired) electrons. The first-order valence-electron chi connectivity index (χ1n) is 17.4. The molecule has 0 unspecified atom stereocenters. The molecule has 10 aromatic rings. The minimum absolute atomic E-state index is 0. The Labute approximate surface area is 393 Å². The maximum Gasteiger partial charge on any atom is 0.333 e. The van der Waals surface area contributed by atoms with E-state index in [0.29, 0.717) is 44.3 Å². The van der Waals surface area contributed by atoms with Gasteiger partial charge in [0, 0.05) is 119 Å². The minimum Gasteiger partial charge on any atom is -0.386 e. The summed E-state index contributed by atoms with van der Waals surface area (Å²) in [7, 11) is 3.53. The van der Waals surface area contributed by atoms with Crippen LogP contribution in [0.5, 0.6) is 0 Å². The average Bonchev–Trinajstić information content (AvgIpc) is 4.08. The number of nitrogens with zero attached hydrogens (tertiary/aromatic N) is 14. The maximum atomic E-state index is 15.4. The molecule has 304 valence electrons. The first kappa shape index (κ1) is 43.5. The van der Waals surface area contributed by atoms with Crippen molar-refractivity contribution in [2.75, 3.05) is 0 Å². The molecule has 0 aliphatic rings. The average molecular weight is 1320 g/mol. The summed E-state index contributed by atoms with van der Waals surface area (Å²) < 4.78 is 74.2. The van der Waals surface area contributed by atoms with E-state index in [1.54, 1.807) is 90.7 Å². The molecule has 0 fully saturated rings. The second-order valence-corrected chi connectivity index (χ2v) is 12.7. The molecule has 22 heteroatoms. The van der Waals surface area contributed by atoms with Crippen molar-refractivity contribution < 1.29 is 40.0 Å². The Morgan fingerprint density at radius 1 is 0.650 bits per heavy atom. The fraction of sp³-hybridized carbons (Fsp3) is 0.105. The van der Waals surface area contributed by atoms with Gasteiger partial charge in [0.2, 0.25) is 11.6 Å². The van der Waals surface area contributed by atoms with Crippen LogP contribution in [0.2, 0.25) is 0 Å². The van der Waals surface area contributed by atoms with E-state index < -0.39 is 23.5 Å². The number of aryl methyl sites for hydroxylation is 2. The molecular formula is C38H26F4I3N14W-. The molecule has 8 aromatic heterocycles. The van der Waals surface area contributed by atoms with E-state index in [4.69, 9.17) is 1.37 Å². The van der Waals surface area contributed by atoms with Crippen LogP contribution in [-0.2, 0) is 47.0 Å². The normalized spacial score (nSPS) is 11.6. The first-order chi connectivity index (χ1) is 28.4. The van der Waals surface area contributed by atoms with Gasteiger partial charge in [0.15, 0.2) is 11.3 Å². The van der Waals surface area contributed by atoms with Crippen molar-refractivity contribution in [3.8, 4) is 22.5 Å². The molecular weight excluding hydrogens is 1290 g/mol. The molecule has 0 spiro atoms. The summed E-state index contributed by atoms with van der Waals surface area (Å²) in [5.41, 5.74) is 3.42. The van der Waals surface area contributed by atoms with Gasteiger partial charge in [-0.3, -0.25) is 14.3 Å². The topological polar surface area (TPSA) is 148 Å². The van der Waals surface area contributed by atoms with Crippen molar-refractivity contribution in [3.63, 3.8) is 0 Å². The standard InChI is InChI=1S/C19H13F2N7.C19H12F2N7.I2.HI.W/c2*1-27-11-13(10-23-27)16-6-7-17-24-25-18(28(17)26-16)19(20,21)14-4-5-15-12(9-14)3-2-8-22-15;1-2;;/h2-11H,1H3;2-7,9-11H,1H3;;1H;/q;-1;;;/i8D;;;;. The molecule has 0 saturated heterocycles. The van der Waals surface area contributed by atoms with Crippen LogP contribution in [0, 0.1) is 6.20 Å². The van der Waals surface area contributed by atoms with Gasteiger partial charge in [0.1, 0.15) is 0 Å². The van der Waals surface area contributed by atoms with Crippen LogP contribution in [0.3, 0.4) is 0 Å². The van der Waals surface area contributed by atoms with Crippen molar-refractivity contribution in [1.29, 1.82) is 0 Å². The van der Waals surface area contributed by atoms with Crippen LogP contribution in [0.4, 0.5) is 17.6 Å². The Balaban J connectivity index is 0.000000190. The Morgan fingerprint density at radius 2 is 1.15 bits per heavy atom. The smallest absolute Gasteiger partial charge is 0.333 e. The second kappa shape index (κ2) is 18.6. The summed E-state index contributed by atoms with van der Waals surface area (Å²) >= 11 is 4.24. The van der Waals surface area contributed by atoms with Crippen molar-refractivity contribution in [2.45, 2.75) is 11.8 Å². The van der Waals surface area contributed by atoms with Gasteiger partial charge in [-0.15, -0.1) is 49.8 Å². The molecule has 0 aliphatic heterocycles. The fourth-order valence-corrected chi connectivity index (χ4v) is 6.08. The van der Waals surface area contributed by atoms with Crippen LogP contribution in [0.1, 0.15) is 24.1 Å². The Bertz CT molecular complexity index is 3140. The third-order valence-corrected chi connectivity index (χ3v) is 8.91. The van der Waals surface area contributed by atoms with E-state index >= 15 is 17.6 Å². The number of rotatable bonds is 6. The molecule has 0 atom stereocenters. The van der Waals surface area contributed by atoms with Crippen molar-refractivity contribution in [1.82, 2.24) is 69.2 Å². The van der Waals surface area contributed by atoms with E-state index in [-0.39, 0.29) is 73.6 Å². The third kappa shape index (κ3) is 8.75. The summed E-state index contributed by atoms with van der Waals surface area (Å²) in [6.07, 6.45) is 9.48. The Morgan fingerprint density at radius 3 is 1.65 bits per heavy atom. The molecule has 0 aliphatic carbocycles. The van der Waals surface area contributed by atoms with E-state index in [1.165, 1.54) is 42.5 Å². The van der Waals surface area contributed by atoms with Crippen molar-refractivity contribution >= 4 is 94.3 Å². The predicted molar refractivity (Wildman–Crippen MR) is 238 cm³/mol. The van der Waals surface area contributed by atoms with Gasteiger partial charge in [-0.1, -0.05) is 36.5 Å². The zero-order valence-electron chi connectivity index (χ0n) is 31.7. The van der Waals surface area contributed by atoms with E-state index in [0.717, 1.165) is 9.03 Å². The molecule has 10 rings (SSSR count). The number of fused-ring (bicyclic) bond motifs is 4. The summed E-state index contributed by atoms with van der Waals surface area (Å²) in [5.74, 6) is -7.97. The molecule has 2 aromatic carbocycles. The molecule has 0 amide bonds. The molecule has 14 nitrogen and oxygen atoms in total. The van der Waals surface area contributed by atoms with Gasteiger partial charge in [-0.05, 0) is 48.0 Å². The number of benzene rings is 2. The first-order valence-corrected chi connectivity index (χ1v) is 23.2. The number of alkyl halides is 4. The number of aromatic nitrogens is 14. The van der Waals surface area contributed by atoms with Gasteiger partial charge >= 0.3 is 11.8 Å². The molecule has 60 heavy (non-hydrogen) atoms. The van der Waals surface area contributed by atoms with Gasteiger partial charge in [-0.2, -0.15) is 59.1 Å². The van der Waals surface area contributed by atoms with Crippen molar-refractivity contribution in [3.05, 3.63) is 145 Å². The molecule has 0 bridgehead atoms. The number of pyridine rings is 2. The van der Waals surface area contributed by atoms with Gasteiger partial charge in [-0.25, -0.2) is 0 Å². The monoisotopic (exact) mass is 1320 g/mol. The molecule has 0 saturated carbocycles. The van der Waals surface area contributed by atoms with Crippen LogP contribution in [0.15, 0.2) is 116 Å². The quantitative estimate of drug-likeness (QED) is 0.0901. The predicted octanol–water partition coefficient (Wildman–Crippen LogP) is 8.61. The van der Waals surface area contributed by atoms with Crippen LogP contribution in [0.25, 0.3) is 55.6 Å². The third-order valence-electron chi connectivity index (χ3n) is 8.91. The Kier molecular flexibility index (Phi) is 13.4. The minimum atomic E-state index is -3.44. The van der Waals surface area contributed by atoms with Gasteiger partial charge in [0.05, 0.1) is 30.7 Å². The van der Waals surface area contributed by atoms with E-state index in [9.17, 15) is 0 Å². The number of hydrogen-bond donors (Lipinski definition) is 0. The van der Waals surface area contributed by atoms with Gasteiger partial charge in [0.25, 0.3) is 0 Å². The zero-order chi connectivity index (χ0) is 41.5. The van der Waals surface area contributed by atoms with E-state index in [2.05, 4.69) is 94.2 Å². The fourth-order valence-electron chi connectivity index (χ4n) is 6.08. The molecule has 0 N–H and O–H groups in total. The SMILES string of the molecule is Cn1cc(-c2ccc3nnc(C(F)(F)c4ccc5n[c-]ccc5c4)n3n2)cn1.I.II.[2H]c1ccc2cc(C(F)(F)c3nnc4ccc(-c5cnn(C)c5)nn34)ccc2n1.[W]. The zero-order valence-corrected chi connectivity index (χ0v) is 40.3. The van der Waals surface area contributed by atoms with Crippen LogP contribution in [-0.4, -0.2) is 69.2 Å². The van der Waals surface area contributed by atoms with E-state index in [1.807, 2.05) is 0 Å². The van der Waals surface area contributed by atoms with Gasteiger partial charge < -0.3 is 4.98 Å². The summed E-state index contributed by atoms with van der Waals surface area (Å²) in [4.78, 5) is 8.07. The Hall–Kier alpha value is -4.62. The van der Waals surface area contributed by atoms with Crippen LogP contribution >= 0.6 is 61.2 Å². The summed E-state index contributed by atoms with van der Waals surface area (Å²) in [6.45, 7) is 0. The number of hydrogen-bond acceptors (Lipinski definition) is 10.